The van der Waals surface area contributed by atoms with Crippen LogP contribution in [0.4, 0.5) is 15.9 Å². The van der Waals surface area contributed by atoms with Gasteiger partial charge < -0.3 is 10.1 Å². The molecule has 8 heteroatoms. The molecule has 20 heavy (non-hydrogen) atoms. The predicted molar refractivity (Wildman–Crippen MR) is 69.4 cm³/mol. The lowest BCUT2D eigenvalue weighted by Gasteiger charge is -2.09. The van der Waals surface area contributed by atoms with Crippen LogP contribution in [0.5, 0.6) is 11.6 Å². The van der Waals surface area contributed by atoms with E-state index in [-0.39, 0.29) is 17.4 Å². The molecule has 1 heterocycles. The molecule has 0 bridgehead atoms. The minimum absolute atomic E-state index is 0.0223. The van der Waals surface area contributed by atoms with Crippen molar-refractivity contribution in [3.63, 3.8) is 0 Å². The second-order valence-corrected chi connectivity index (χ2v) is 3.90. The van der Waals surface area contributed by atoms with Crippen LogP contribution in [0.2, 0.25) is 0 Å². The number of ether oxygens (including phenoxy) is 1. The number of anilines is 1. The van der Waals surface area contributed by atoms with E-state index in [0.29, 0.717) is 5.56 Å². The van der Waals surface area contributed by atoms with Gasteiger partial charge in [-0.3, -0.25) is 10.1 Å². The molecule has 0 aliphatic carbocycles. The van der Waals surface area contributed by atoms with E-state index in [9.17, 15) is 14.5 Å². The highest BCUT2D eigenvalue weighted by atomic mass is 19.1. The van der Waals surface area contributed by atoms with Crippen LogP contribution in [0.1, 0.15) is 5.56 Å². The number of hydrogen-bond acceptors (Lipinski definition) is 6. The Morgan fingerprint density at radius 2 is 2.15 bits per heavy atom. The van der Waals surface area contributed by atoms with E-state index in [1.165, 1.54) is 19.2 Å². The van der Waals surface area contributed by atoms with E-state index in [1.54, 1.807) is 6.92 Å². The van der Waals surface area contributed by atoms with Crippen LogP contribution in [-0.2, 0) is 0 Å². The fourth-order valence-electron chi connectivity index (χ4n) is 1.57. The van der Waals surface area contributed by atoms with Gasteiger partial charge in [0.05, 0.1) is 4.92 Å². The SMILES string of the molecule is CNc1ncnc(Oc2cc(F)ccc2C)c1[N+](=O)[O-]. The number of nitrogens with zero attached hydrogens (tertiary/aromatic N) is 3. The lowest BCUT2D eigenvalue weighted by Crippen LogP contribution is -2.03. The van der Waals surface area contributed by atoms with Gasteiger partial charge in [-0.05, 0) is 18.6 Å². The largest absolute Gasteiger partial charge is 0.433 e. The highest BCUT2D eigenvalue weighted by Crippen LogP contribution is 2.34. The number of aryl methyl sites for hydroxylation is 1. The smallest absolute Gasteiger partial charge is 0.373 e. The number of rotatable bonds is 4. The van der Waals surface area contributed by atoms with Crippen LogP contribution in [0.15, 0.2) is 24.5 Å². The van der Waals surface area contributed by atoms with Crippen LogP contribution in [0.25, 0.3) is 0 Å². The van der Waals surface area contributed by atoms with Gasteiger partial charge in [0.25, 0.3) is 0 Å². The van der Waals surface area contributed by atoms with Crippen molar-refractivity contribution in [2.75, 3.05) is 12.4 Å². The monoisotopic (exact) mass is 278 g/mol. The highest BCUT2D eigenvalue weighted by molar-refractivity contribution is 5.61. The maximum Gasteiger partial charge on any atom is 0.373 e. The Balaban J connectivity index is 2.48. The summed E-state index contributed by atoms with van der Waals surface area (Å²) >= 11 is 0. The number of nitro groups is 1. The summed E-state index contributed by atoms with van der Waals surface area (Å²) < 4.78 is 18.5. The van der Waals surface area contributed by atoms with Crippen LogP contribution >= 0.6 is 0 Å². The average molecular weight is 278 g/mol. The summed E-state index contributed by atoms with van der Waals surface area (Å²) in [4.78, 5) is 17.9. The molecule has 2 aromatic rings. The van der Waals surface area contributed by atoms with Crippen molar-refractivity contribution in [2.45, 2.75) is 6.92 Å². The summed E-state index contributed by atoms with van der Waals surface area (Å²) in [5, 5.41) is 13.7. The average Bonchev–Trinajstić information content (AvgIpc) is 2.42. The molecule has 1 aromatic carbocycles. The molecule has 0 fully saturated rings. The number of nitrogens with one attached hydrogen (secondary N) is 1. The van der Waals surface area contributed by atoms with Gasteiger partial charge in [-0.15, -0.1) is 0 Å². The Hall–Kier alpha value is -2.77. The molecule has 0 unspecified atom stereocenters. The Morgan fingerprint density at radius 3 is 2.80 bits per heavy atom. The summed E-state index contributed by atoms with van der Waals surface area (Å²) in [6.07, 6.45) is 1.13. The second-order valence-electron chi connectivity index (χ2n) is 3.90. The number of benzene rings is 1. The normalized spacial score (nSPS) is 10.2. The number of hydrogen-bond donors (Lipinski definition) is 1. The van der Waals surface area contributed by atoms with E-state index in [0.717, 1.165) is 12.4 Å². The van der Waals surface area contributed by atoms with Crippen molar-refractivity contribution < 1.29 is 14.1 Å². The molecule has 0 saturated heterocycles. The van der Waals surface area contributed by atoms with Crippen LogP contribution in [0, 0.1) is 22.9 Å². The molecule has 104 valence electrons. The van der Waals surface area contributed by atoms with Gasteiger partial charge >= 0.3 is 11.6 Å². The molecular formula is C12H11FN4O3. The predicted octanol–water partition coefficient (Wildman–Crippen LogP) is 2.67. The highest BCUT2D eigenvalue weighted by Gasteiger charge is 2.24. The maximum atomic E-state index is 13.2. The molecule has 0 atom stereocenters. The summed E-state index contributed by atoms with van der Waals surface area (Å²) in [5.41, 5.74) is 0.226. The Labute approximate surface area is 113 Å². The molecule has 0 aliphatic rings. The van der Waals surface area contributed by atoms with E-state index in [1.807, 2.05) is 0 Å². The van der Waals surface area contributed by atoms with Crippen molar-refractivity contribution in [1.29, 1.82) is 0 Å². The minimum atomic E-state index is -0.657. The van der Waals surface area contributed by atoms with Crippen molar-refractivity contribution in [2.24, 2.45) is 0 Å². The summed E-state index contributed by atoms with van der Waals surface area (Å²) in [6, 6.07) is 3.92. The first-order valence-electron chi connectivity index (χ1n) is 5.64. The fourth-order valence-corrected chi connectivity index (χ4v) is 1.57. The first-order valence-corrected chi connectivity index (χ1v) is 5.64. The number of aromatic nitrogens is 2. The zero-order valence-electron chi connectivity index (χ0n) is 10.8. The standard InChI is InChI=1S/C12H11FN4O3/c1-7-3-4-8(13)5-9(7)20-12-10(17(18)19)11(14-2)15-6-16-12/h3-6H,1-2H3,(H,14,15,16). The summed E-state index contributed by atoms with van der Waals surface area (Å²) in [5.74, 6) is -0.567. The topological polar surface area (TPSA) is 90.2 Å². The van der Waals surface area contributed by atoms with Crippen molar-refractivity contribution >= 4 is 11.5 Å². The van der Waals surface area contributed by atoms with E-state index < -0.39 is 16.4 Å². The first kappa shape index (κ1) is 13.7. The quantitative estimate of drug-likeness (QED) is 0.683. The molecule has 0 saturated carbocycles. The number of halogens is 1. The van der Waals surface area contributed by atoms with E-state index in [4.69, 9.17) is 4.74 Å². The molecule has 0 spiro atoms. The molecule has 1 aromatic heterocycles. The Kier molecular flexibility index (Phi) is 3.74. The fraction of sp³-hybridized carbons (Fsp3) is 0.167. The first-order chi connectivity index (χ1) is 9.52. The summed E-state index contributed by atoms with van der Waals surface area (Å²) in [7, 11) is 1.49. The van der Waals surface area contributed by atoms with Gasteiger partial charge in [0.2, 0.25) is 5.82 Å². The Bertz CT molecular complexity index is 663. The third-order valence-electron chi connectivity index (χ3n) is 2.56. The van der Waals surface area contributed by atoms with Crippen molar-refractivity contribution in [1.82, 2.24) is 9.97 Å². The second kappa shape index (κ2) is 5.47. The third-order valence-corrected chi connectivity index (χ3v) is 2.56. The third kappa shape index (κ3) is 2.63. The molecule has 7 nitrogen and oxygen atoms in total. The van der Waals surface area contributed by atoms with Gasteiger partial charge in [-0.1, -0.05) is 6.07 Å². The van der Waals surface area contributed by atoms with E-state index >= 15 is 0 Å². The molecule has 0 amide bonds. The van der Waals surface area contributed by atoms with Gasteiger partial charge in [0.1, 0.15) is 17.9 Å². The molecule has 0 radical (unpaired) electrons. The van der Waals surface area contributed by atoms with Crippen LogP contribution in [0.3, 0.4) is 0 Å². The maximum absolute atomic E-state index is 13.2. The van der Waals surface area contributed by atoms with Gasteiger partial charge in [-0.2, -0.15) is 4.98 Å². The lowest BCUT2D eigenvalue weighted by molar-refractivity contribution is -0.385. The van der Waals surface area contributed by atoms with E-state index in [2.05, 4.69) is 15.3 Å². The molecular weight excluding hydrogens is 267 g/mol. The molecule has 2 rings (SSSR count). The molecule has 0 aliphatic heterocycles. The van der Waals surface area contributed by atoms with Gasteiger partial charge in [-0.25, -0.2) is 9.37 Å². The molecule has 1 N–H and O–H groups in total. The lowest BCUT2D eigenvalue weighted by atomic mass is 10.2. The summed E-state index contributed by atoms with van der Waals surface area (Å²) in [6.45, 7) is 1.70. The minimum Gasteiger partial charge on any atom is -0.433 e. The van der Waals surface area contributed by atoms with Gasteiger partial charge in [0, 0.05) is 13.1 Å². The Morgan fingerprint density at radius 1 is 1.40 bits per heavy atom. The van der Waals surface area contributed by atoms with Crippen LogP contribution < -0.4 is 10.1 Å². The van der Waals surface area contributed by atoms with Gasteiger partial charge in [0.15, 0.2) is 0 Å². The zero-order chi connectivity index (χ0) is 14.7. The van der Waals surface area contributed by atoms with Crippen LogP contribution in [-0.4, -0.2) is 21.9 Å². The van der Waals surface area contributed by atoms with Crippen molar-refractivity contribution in [3.05, 3.63) is 46.0 Å². The van der Waals surface area contributed by atoms with Crippen molar-refractivity contribution in [3.8, 4) is 11.6 Å². The zero-order valence-corrected chi connectivity index (χ0v) is 10.8.